The molecule has 4 aromatic rings. The smallest absolute Gasteiger partial charge is 0.251 e. The van der Waals surface area contributed by atoms with E-state index in [0.29, 0.717) is 17.7 Å². The van der Waals surface area contributed by atoms with Crippen molar-refractivity contribution in [3.63, 3.8) is 0 Å². The first-order valence-electron chi connectivity index (χ1n) is 12.1. The second-order valence-corrected chi connectivity index (χ2v) is 8.92. The van der Waals surface area contributed by atoms with Crippen LogP contribution in [-0.4, -0.2) is 27.0 Å². The van der Waals surface area contributed by atoms with E-state index < -0.39 is 0 Å². The summed E-state index contributed by atoms with van der Waals surface area (Å²) in [6.45, 7) is 2.87. The molecule has 4 rings (SSSR count). The molecule has 0 aliphatic carbocycles. The first-order chi connectivity index (χ1) is 17.1. The van der Waals surface area contributed by atoms with Crippen molar-refractivity contribution in [2.75, 3.05) is 5.88 Å². The minimum atomic E-state index is -0.228. The lowest BCUT2D eigenvalue weighted by atomic mass is 10.0. The fraction of sp³-hybridized carbons (Fsp3) is 0.276. The van der Waals surface area contributed by atoms with E-state index in [0.717, 1.165) is 53.8 Å². The van der Waals surface area contributed by atoms with Crippen molar-refractivity contribution in [1.29, 1.82) is 5.41 Å². The van der Waals surface area contributed by atoms with Crippen LogP contribution in [0.4, 0.5) is 0 Å². The Balaban J connectivity index is 1.55. The number of alkyl halides is 1. The molecule has 0 radical (unpaired) electrons. The van der Waals surface area contributed by atoms with Crippen molar-refractivity contribution < 1.29 is 4.79 Å². The maximum Gasteiger partial charge on any atom is 0.251 e. The fourth-order valence-corrected chi connectivity index (χ4v) is 4.53. The molecule has 1 atom stereocenters. The molecule has 6 heteroatoms. The van der Waals surface area contributed by atoms with Gasteiger partial charge in [0.25, 0.3) is 5.91 Å². The number of para-hydroxylation sites is 2. The van der Waals surface area contributed by atoms with Crippen molar-refractivity contribution in [3.05, 3.63) is 90.3 Å². The molecule has 35 heavy (non-hydrogen) atoms. The molecule has 2 N–H and O–H groups in total. The molecule has 0 unspecified atom stereocenters. The highest BCUT2D eigenvalue weighted by molar-refractivity contribution is 6.28. The summed E-state index contributed by atoms with van der Waals surface area (Å²) in [6.07, 6.45) is 3.14. The van der Waals surface area contributed by atoms with E-state index in [1.54, 1.807) is 0 Å². The molecule has 1 aromatic heterocycles. The van der Waals surface area contributed by atoms with Gasteiger partial charge in [-0.05, 0) is 61.6 Å². The summed E-state index contributed by atoms with van der Waals surface area (Å²) in [4.78, 5) is 18.2. The number of nitrogens with one attached hydrogen (secondary N) is 2. The number of benzene rings is 3. The molecule has 0 fully saturated rings. The Morgan fingerprint density at radius 3 is 2.37 bits per heavy atom. The van der Waals surface area contributed by atoms with Gasteiger partial charge in [0.05, 0.1) is 23.0 Å². The number of carbonyl (C=O) groups is 1. The topological polar surface area (TPSA) is 70.8 Å². The van der Waals surface area contributed by atoms with Crippen LogP contribution in [0.3, 0.4) is 0 Å². The second kappa shape index (κ2) is 11.8. The maximum atomic E-state index is 13.3. The average molecular weight is 487 g/mol. The van der Waals surface area contributed by atoms with Gasteiger partial charge in [-0.15, -0.1) is 11.6 Å². The van der Waals surface area contributed by atoms with E-state index in [2.05, 4.69) is 35.0 Å². The summed E-state index contributed by atoms with van der Waals surface area (Å²) in [5.74, 6) is 1.03. The van der Waals surface area contributed by atoms with Crippen LogP contribution in [0.25, 0.3) is 22.2 Å². The van der Waals surface area contributed by atoms with Gasteiger partial charge >= 0.3 is 0 Å². The fourth-order valence-electron chi connectivity index (χ4n) is 4.40. The molecule has 0 bridgehead atoms. The summed E-state index contributed by atoms with van der Waals surface area (Å²) in [7, 11) is 0. The number of halogens is 1. The molecule has 0 saturated heterocycles. The highest BCUT2D eigenvalue weighted by Crippen LogP contribution is 2.26. The molecule has 0 saturated carbocycles. The number of nitrogens with zero attached hydrogens (tertiary/aromatic N) is 2. The highest BCUT2D eigenvalue weighted by Gasteiger charge is 2.22. The zero-order valence-corrected chi connectivity index (χ0v) is 20.8. The third kappa shape index (κ3) is 5.98. The number of hydrogen-bond acceptors (Lipinski definition) is 3. The number of fused-ring (bicyclic) bond motifs is 1. The normalized spacial score (nSPS) is 11.9. The van der Waals surface area contributed by atoms with Crippen LogP contribution in [0, 0.1) is 5.41 Å². The van der Waals surface area contributed by atoms with Gasteiger partial charge in [-0.2, -0.15) is 0 Å². The van der Waals surface area contributed by atoms with Gasteiger partial charge in [0.1, 0.15) is 5.82 Å². The van der Waals surface area contributed by atoms with Gasteiger partial charge < -0.3 is 15.3 Å². The van der Waals surface area contributed by atoms with E-state index >= 15 is 0 Å². The summed E-state index contributed by atoms with van der Waals surface area (Å²) in [6, 6.07) is 25.7. The lowest BCUT2D eigenvalue weighted by Crippen LogP contribution is -2.30. The average Bonchev–Trinajstić information content (AvgIpc) is 3.29. The van der Waals surface area contributed by atoms with E-state index in [9.17, 15) is 4.79 Å². The number of aromatic nitrogens is 2. The van der Waals surface area contributed by atoms with Crippen molar-refractivity contribution in [2.45, 2.75) is 45.2 Å². The Hall–Kier alpha value is -3.44. The van der Waals surface area contributed by atoms with Crippen LogP contribution in [0.5, 0.6) is 0 Å². The summed E-state index contributed by atoms with van der Waals surface area (Å²) >= 11 is 5.77. The minimum Gasteiger partial charge on any atom is -0.342 e. The van der Waals surface area contributed by atoms with Crippen LogP contribution in [0.15, 0.2) is 78.9 Å². The van der Waals surface area contributed by atoms with Gasteiger partial charge in [-0.25, -0.2) is 4.98 Å². The van der Waals surface area contributed by atoms with Crippen LogP contribution >= 0.6 is 11.6 Å². The van der Waals surface area contributed by atoms with Gasteiger partial charge in [-0.3, -0.25) is 4.79 Å². The number of hydrogen-bond donors (Lipinski definition) is 2. The first-order valence-corrected chi connectivity index (χ1v) is 12.7. The Labute approximate surface area is 211 Å². The van der Waals surface area contributed by atoms with Crippen molar-refractivity contribution >= 4 is 34.3 Å². The third-order valence-corrected chi connectivity index (χ3v) is 6.58. The van der Waals surface area contributed by atoms with Gasteiger partial charge in [-0.1, -0.05) is 61.0 Å². The minimum absolute atomic E-state index is 0.113. The Bertz CT molecular complexity index is 1280. The monoisotopic (exact) mass is 486 g/mol. The van der Waals surface area contributed by atoms with E-state index in [4.69, 9.17) is 22.0 Å². The van der Waals surface area contributed by atoms with Crippen molar-refractivity contribution in [3.8, 4) is 11.1 Å². The van der Waals surface area contributed by atoms with Crippen LogP contribution < -0.4 is 5.32 Å². The second-order valence-electron chi connectivity index (χ2n) is 8.66. The lowest BCUT2D eigenvalue weighted by molar-refractivity contribution is 0.0931. The van der Waals surface area contributed by atoms with Gasteiger partial charge in [0.15, 0.2) is 0 Å². The third-order valence-electron chi connectivity index (χ3n) is 6.25. The standard InChI is InChI=1S/C29H31ClN4O/c1-2-34-27-15-9-8-13-25(27)32-28(34)26(14-7-6-12-24(31)20-30)33-29(35)23-18-16-22(17-19-23)21-10-4-3-5-11-21/h3-5,8-11,13,15-19,26,31H,2,6-7,12,14,20H2,1H3,(H,33,35)/t26-/m0/s1. The largest absolute Gasteiger partial charge is 0.342 e. The Morgan fingerprint density at radius 1 is 0.971 bits per heavy atom. The zero-order valence-electron chi connectivity index (χ0n) is 20.0. The molecule has 3 aromatic carbocycles. The number of rotatable bonds is 11. The van der Waals surface area contributed by atoms with Crippen LogP contribution in [0.2, 0.25) is 0 Å². The summed E-state index contributed by atoms with van der Waals surface area (Å²) in [5.41, 5.74) is 5.37. The van der Waals surface area contributed by atoms with Gasteiger partial charge in [0, 0.05) is 17.8 Å². The van der Waals surface area contributed by atoms with Crippen molar-refractivity contribution in [2.24, 2.45) is 0 Å². The molecular weight excluding hydrogens is 456 g/mol. The molecule has 5 nitrogen and oxygen atoms in total. The highest BCUT2D eigenvalue weighted by atomic mass is 35.5. The van der Waals surface area contributed by atoms with Crippen LogP contribution in [0.1, 0.15) is 54.8 Å². The number of unbranched alkanes of at least 4 members (excludes halogenated alkanes) is 1. The molecule has 180 valence electrons. The number of aryl methyl sites for hydroxylation is 1. The Kier molecular flexibility index (Phi) is 8.32. The summed E-state index contributed by atoms with van der Waals surface area (Å²) in [5, 5.41) is 11.1. The zero-order chi connectivity index (χ0) is 24.6. The number of imidazole rings is 1. The quantitative estimate of drug-likeness (QED) is 0.136. The Morgan fingerprint density at radius 2 is 1.66 bits per heavy atom. The van der Waals surface area contributed by atoms with E-state index in [1.807, 2.05) is 60.7 Å². The summed E-state index contributed by atoms with van der Waals surface area (Å²) < 4.78 is 2.18. The molecule has 0 aliphatic rings. The van der Waals surface area contributed by atoms with Crippen LogP contribution in [-0.2, 0) is 6.54 Å². The van der Waals surface area contributed by atoms with E-state index in [1.165, 1.54) is 0 Å². The number of carbonyl (C=O) groups excluding carboxylic acids is 1. The molecule has 0 aliphatic heterocycles. The molecule has 1 amide bonds. The molecule has 1 heterocycles. The van der Waals surface area contributed by atoms with Crippen molar-refractivity contribution in [1.82, 2.24) is 14.9 Å². The lowest BCUT2D eigenvalue weighted by Gasteiger charge is -2.20. The SMILES string of the molecule is CCn1c([C@H](CCCCC(=N)CCl)NC(=O)c2ccc(-c3ccccc3)cc2)nc2ccccc21. The molecule has 0 spiro atoms. The first kappa shape index (κ1) is 24.7. The van der Waals surface area contributed by atoms with Gasteiger partial charge in [0.2, 0.25) is 0 Å². The predicted octanol–water partition coefficient (Wildman–Crippen LogP) is 7.01. The molecular formula is C29H31ClN4O. The predicted molar refractivity (Wildman–Crippen MR) is 144 cm³/mol. The maximum absolute atomic E-state index is 13.3. The van der Waals surface area contributed by atoms with E-state index in [-0.39, 0.29) is 17.8 Å². The number of amides is 1.